The Labute approximate surface area is 201 Å². The van der Waals surface area contributed by atoms with Crippen molar-refractivity contribution in [2.45, 2.75) is 39.3 Å². The molecule has 0 saturated heterocycles. The van der Waals surface area contributed by atoms with Crippen LogP contribution >= 0.6 is 35.0 Å². The van der Waals surface area contributed by atoms with Crippen LogP contribution in [0.15, 0.2) is 58.1 Å². The number of halogens is 3. The van der Waals surface area contributed by atoms with E-state index in [2.05, 4.69) is 4.90 Å². The zero-order valence-electron chi connectivity index (χ0n) is 18.2. The van der Waals surface area contributed by atoms with Gasteiger partial charge in [-0.3, -0.25) is 0 Å². The van der Waals surface area contributed by atoms with Crippen molar-refractivity contribution < 1.29 is 13.9 Å². The molecule has 32 heavy (non-hydrogen) atoms. The molecular formula is C24H23Cl2FN2O2S. The fraction of sp³-hybridized carbons (Fsp3) is 0.333. The molecule has 0 aromatic heterocycles. The Balaban J connectivity index is 1.92. The number of carbonyl (C=O) groups is 1. The number of fused-ring (bicyclic) bond motifs is 1. The molecule has 0 fully saturated rings. The highest BCUT2D eigenvalue weighted by Gasteiger charge is 2.54. The van der Waals surface area contributed by atoms with Crippen molar-refractivity contribution in [3.63, 3.8) is 0 Å². The van der Waals surface area contributed by atoms with Gasteiger partial charge in [-0.05, 0) is 61.4 Å². The molecule has 2 aliphatic rings. The predicted octanol–water partition coefficient (Wildman–Crippen LogP) is 6.94. The SMILES string of the molecule is CCOC(=O)C1=C(C(C)C)N2C(=NC(C)(c3ccc(Cl)cc3F)C2c2ccc(Cl)cc2)S1. The maximum absolute atomic E-state index is 15.2. The normalized spacial score (nSPS) is 22.4. The van der Waals surface area contributed by atoms with Gasteiger partial charge in [-0.25, -0.2) is 14.2 Å². The number of nitrogens with zero attached hydrogens (tertiary/aromatic N) is 2. The zero-order chi connectivity index (χ0) is 23.2. The second-order valence-corrected chi connectivity index (χ2v) is 10.0. The minimum absolute atomic E-state index is 0.0156. The Morgan fingerprint density at radius 1 is 1.22 bits per heavy atom. The summed E-state index contributed by atoms with van der Waals surface area (Å²) in [7, 11) is 0. The molecule has 2 atom stereocenters. The van der Waals surface area contributed by atoms with Crippen LogP contribution in [0, 0.1) is 11.7 Å². The van der Waals surface area contributed by atoms with Gasteiger partial charge in [-0.2, -0.15) is 0 Å². The van der Waals surface area contributed by atoms with Gasteiger partial charge in [0, 0.05) is 21.3 Å². The van der Waals surface area contributed by atoms with E-state index >= 15 is 4.39 Å². The van der Waals surface area contributed by atoms with Crippen LogP contribution in [0.5, 0.6) is 0 Å². The van der Waals surface area contributed by atoms with E-state index in [0.717, 1.165) is 11.3 Å². The lowest BCUT2D eigenvalue weighted by molar-refractivity contribution is -0.137. The van der Waals surface area contributed by atoms with Crippen molar-refractivity contribution in [2.75, 3.05) is 6.61 Å². The van der Waals surface area contributed by atoms with Crippen LogP contribution in [-0.4, -0.2) is 22.6 Å². The molecule has 4 rings (SSSR count). The second-order valence-electron chi connectivity index (χ2n) is 8.18. The van der Waals surface area contributed by atoms with E-state index in [1.807, 2.05) is 45.0 Å². The summed E-state index contributed by atoms with van der Waals surface area (Å²) >= 11 is 13.4. The van der Waals surface area contributed by atoms with Gasteiger partial charge < -0.3 is 9.64 Å². The van der Waals surface area contributed by atoms with Crippen molar-refractivity contribution in [3.05, 3.63) is 80.1 Å². The largest absolute Gasteiger partial charge is 0.462 e. The molecule has 0 amide bonds. The van der Waals surface area contributed by atoms with Crippen molar-refractivity contribution in [1.29, 1.82) is 0 Å². The fourth-order valence-corrected chi connectivity index (χ4v) is 5.94. The molecule has 2 unspecified atom stereocenters. The van der Waals surface area contributed by atoms with Gasteiger partial charge in [-0.1, -0.05) is 55.2 Å². The van der Waals surface area contributed by atoms with Crippen molar-refractivity contribution in [3.8, 4) is 0 Å². The van der Waals surface area contributed by atoms with Crippen LogP contribution in [0.3, 0.4) is 0 Å². The molecule has 0 saturated carbocycles. The molecule has 168 valence electrons. The summed E-state index contributed by atoms with van der Waals surface area (Å²) in [6.07, 6.45) is 0. The Morgan fingerprint density at radius 2 is 1.88 bits per heavy atom. The highest BCUT2D eigenvalue weighted by atomic mass is 35.5. The number of benzene rings is 2. The average Bonchev–Trinajstić information content (AvgIpc) is 3.21. The van der Waals surface area contributed by atoms with Crippen molar-refractivity contribution >= 4 is 46.1 Å². The van der Waals surface area contributed by atoms with E-state index in [4.69, 9.17) is 32.9 Å². The molecule has 2 heterocycles. The van der Waals surface area contributed by atoms with Crippen molar-refractivity contribution in [1.82, 2.24) is 4.90 Å². The van der Waals surface area contributed by atoms with Crippen LogP contribution < -0.4 is 0 Å². The first-order chi connectivity index (χ1) is 15.2. The van der Waals surface area contributed by atoms with E-state index in [1.54, 1.807) is 19.1 Å². The quantitative estimate of drug-likeness (QED) is 0.424. The molecule has 2 aromatic rings. The van der Waals surface area contributed by atoms with Crippen LogP contribution in [0.1, 0.15) is 44.9 Å². The predicted molar refractivity (Wildman–Crippen MR) is 128 cm³/mol. The van der Waals surface area contributed by atoms with Crippen LogP contribution in [0.2, 0.25) is 10.0 Å². The molecule has 0 aliphatic carbocycles. The third-order valence-electron chi connectivity index (χ3n) is 5.68. The minimum Gasteiger partial charge on any atom is -0.462 e. The first kappa shape index (κ1) is 23.1. The summed E-state index contributed by atoms with van der Waals surface area (Å²) in [5, 5.41) is 1.58. The van der Waals surface area contributed by atoms with Crippen molar-refractivity contribution in [2.24, 2.45) is 10.9 Å². The number of allylic oxidation sites excluding steroid dienone is 1. The highest BCUT2D eigenvalue weighted by Crippen LogP contribution is 2.56. The number of esters is 1. The molecule has 0 N–H and O–H groups in total. The Bertz CT molecular complexity index is 1130. The van der Waals surface area contributed by atoms with Gasteiger partial charge in [0.1, 0.15) is 16.3 Å². The second kappa shape index (κ2) is 8.73. The lowest BCUT2D eigenvalue weighted by atomic mass is 9.81. The summed E-state index contributed by atoms with van der Waals surface area (Å²) < 4.78 is 20.5. The summed E-state index contributed by atoms with van der Waals surface area (Å²) in [5.74, 6) is -0.774. The van der Waals surface area contributed by atoms with Gasteiger partial charge >= 0.3 is 5.97 Å². The molecule has 4 nitrogen and oxygen atoms in total. The topological polar surface area (TPSA) is 41.9 Å². The van der Waals surface area contributed by atoms with Crippen LogP contribution in [-0.2, 0) is 15.1 Å². The van der Waals surface area contributed by atoms with Crippen LogP contribution in [0.25, 0.3) is 0 Å². The molecule has 8 heteroatoms. The van der Waals surface area contributed by atoms with E-state index in [1.165, 1.54) is 17.8 Å². The monoisotopic (exact) mass is 492 g/mol. The first-order valence-corrected chi connectivity index (χ1v) is 11.9. The third kappa shape index (κ3) is 3.82. The maximum atomic E-state index is 15.2. The Morgan fingerprint density at radius 3 is 2.47 bits per heavy atom. The lowest BCUT2D eigenvalue weighted by Gasteiger charge is -2.37. The lowest BCUT2D eigenvalue weighted by Crippen LogP contribution is -2.36. The maximum Gasteiger partial charge on any atom is 0.346 e. The first-order valence-electron chi connectivity index (χ1n) is 10.4. The number of ether oxygens (including phenoxy) is 1. The van der Waals surface area contributed by atoms with Gasteiger partial charge in [0.25, 0.3) is 0 Å². The molecule has 2 aliphatic heterocycles. The minimum atomic E-state index is -0.953. The molecule has 2 aromatic carbocycles. The number of aliphatic imine (C=N–C) groups is 1. The summed E-state index contributed by atoms with van der Waals surface area (Å²) in [5.41, 5.74) is 1.22. The summed E-state index contributed by atoms with van der Waals surface area (Å²) in [4.78, 5) is 20.3. The van der Waals surface area contributed by atoms with Gasteiger partial charge in [0.05, 0.1) is 12.6 Å². The number of rotatable bonds is 5. The standard InChI is InChI=1S/C24H23Cl2FN2O2S/c1-5-31-22(30)20-19(13(2)3)29-21(14-6-8-15(25)9-7-14)24(4,28-23(29)32-20)17-11-10-16(26)12-18(17)27/h6-13,21H,5H2,1-4H3. The molecule has 0 spiro atoms. The number of carbonyl (C=O) groups excluding carboxylic acids is 1. The third-order valence-corrected chi connectivity index (χ3v) is 7.22. The van der Waals surface area contributed by atoms with E-state index < -0.39 is 11.4 Å². The molecule has 0 bridgehead atoms. The van der Waals surface area contributed by atoms with Gasteiger partial charge in [0.2, 0.25) is 0 Å². The molecule has 0 radical (unpaired) electrons. The summed E-state index contributed by atoms with van der Waals surface area (Å²) in [6.45, 7) is 8.02. The number of amidine groups is 1. The zero-order valence-corrected chi connectivity index (χ0v) is 20.5. The van der Waals surface area contributed by atoms with E-state index in [9.17, 15) is 4.79 Å². The Hall–Kier alpha value is -2.02. The summed E-state index contributed by atoms with van der Waals surface area (Å²) in [6, 6.07) is 11.7. The smallest absolute Gasteiger partial charge is 0.346 e. The Kier molecular flexibility index (Phi) is 6.31. The number of thioether (sulfide) groups is 1. The average molecular weight is 493 g/mol. The van der Waals surface area contributed by atoms with Gasteiger partial charge in [-0.15, -0.1) is 0 Å². The highest BCUT2D eigenvalue weighted by molar-refractivity contribution is 8.18. The van der Waals surface area contributed by atoms with Crippen LogP contribution in [0.4, 0.5) is 4.39 Å². The van der Waals surface area contributed by atoms with E-state index in [-0.39, 0.29) is 24.5 Å². The van der Waals surface area contributed by atoms with E-state index in [0.29, 0.717) is 25.7 Å². The molecular weight excluding hydrogens is 470 g/mol. The van der Waals surface area contributed by atoms with Gasteiger partial charge in [0.15, 0.2) is 5.17 Å². The number of hydrogen-bond donors (Lipinski definition) is 0. The fourth-order valence-electron chi connectivity index (χ4n) is 4.35. The number of hydrogen-bond acceptors (Lipinski definition) is 5.